The molecule has 0 spiro atoms. The number of carboxylic acids is 1. The van der Waals surface area contributed by atoms with Gasteiger partial charge in [0.15, 0.2) is 5.41 Å². The summed E-state index contributed by atoms with van der Waals surface area (Å²) in [6, 6.07) is 29.0. The highest BCUT2D eigenvalue weighted by molar-refractivity contribution is 5.79. The SMILES string of the molecule is Cc1cc(CC(C#N)(Cc2cc(C)c(O)c(C(C)(C)c3ccccc3)c2)C(=O)O)cc(C(C)(C)c2ccccc2)c1O. The molecule has 5 heteroatoms. The van der Waals surface area contributed by atoms with Crippen molar-refractivity contribution in [3.8, 4) is 17.6 Å². The van der Waals surface area contributed by atoms with Crippen LogP contribution in [0.4, 0.5) is 0 Å². The van der Waals surface area contributed by atoms with Crippen LogP contribution in [0.15, 0.2) is 84.9 Å². The highest BCUT2D eigenvalue weighted by Gasteiger charge is 2.41. The maximum atomic E-state index is 12.9. The van der Waals surface area contributed by atoms with Crippen LogP contribution in [0, 0.1) is 30.6 Å². The number of rotatable bonds is 9. The molecule has 4 aromatic carbocycles. The second-order valence-corrected chi connectivity index (χ2v) is 12.5. The lowest BCUT2D eigenvalue weighted by Crippen LogP contribution is -2.34. The smallest absolute Gasteiger partial charge is 0.324 e. The summed E-state index contributed by atoms with van der Waals surface area (Å²) in [5.41, 5.74) is 3.04. The van der Waals surface area contributed by atoms with Crippen molar-refractivity contribution in [2.24, 2.45) is 5.41 Å². The molecule has 216 valence electrons. The number of carboxylic acid groups (broad SMARTS) is 1. The van der Waals surface area contributed by atoms with Gasteiger partial charge in [0.05, 0.1) is 6.07 Å². The normalized spacial score (nSPS) is 12.1. The molecule has 4 rings (SSSR count). The molecule has 5 nitrogen and oxygen atoms in total. The Morgan fingerprint density at radius 3 is 1.36 bits per heavy atom. The van der Waals surface area contributed by atoms with Crippen molar-refractivity contribution in [2.45, 2.75) is 65.2 Å². The molecule has 0 saturated carbocycles. The molecule has 0 aliphatic heterocycles. The first-order chi connectivity index (χ1) is 19.7. The fourth-order valence-corrected chi connectivity index (χ4v) is 5.92. The Hall–Kier alpha value is -4.56. The van der Waals surface area contributed by atoms with Gasteiger partial charge in [0.2, 0.25) is 0 Å². The van der Waals surface area contributed by atoms with Crippen molar-refractivity contribution >= 4 is 5.97 Å². The average Bonchev–Trinajstić information content (AvgIpc) is 2.96. The Balaban J connectivity index is 1.78. The molecule has 0 fully saturated rings. The number of carbonyl (C=O) groups is 1. The molecule has 0 atom stereocenters. The molecule has 0 heterocycles. The first kappa shape index (κ1) is 30.4. The second kappa shape index (κ2) is 11.4. The van der Waals surface area contributed by atoms with E-state index in [9.17, 15) is 25.4 Å². The summed E-state index contributed by atoms with van der Waals surface area (Å²) in [6.07, 6.45) is -0.0929. The summed E-state index contributed by atoms with van der Waals surface area (Å²) < 4.78 is 0. The van der Waals surface area contributed by atoms with E-state index in [0.29, 0.717) is 33.4 Å². The minimum atomic E-state index is -1.77. The number of nitrogens with zero attached hydrogens (tertiary/aromatic N) is 1. The fourth-order valence-electron chi connectivity index (χ4n) is 5.92. The minimum Gasteiger partial charge on any atom is -0.507 e. The van der Waals surface area contributed by atoms with Gasteiger partial charge < -0.3 is 15.3 Å². The third-order valence-electron chi connectivity index (χ3n) is 8.69. The lowest BCUT2D eigenvalue weighted by molar-refractivity contribution is -0.145. The van der Waals surface area contributed by atoms with Crippen LogP contribution in [0.3, 0.4) is 0 Å². The molecule has 42 heavy (non-hydrogen) atoms. The Labute approximate surface area is 248 Å². The molecule has 3 N–H and O–H groups in total. The largest absolute Gasteiger partial charge is 0.507 e. The van der Waals surface area contributed by atoms with Gasteiger partial charge in [-0.2, -0.15) is 5.26 Å². The standard InChI is InChI=1S/C37H39NO4/c1-24-17-26(19-30(32(24)39)35(3,4)28-13-9-7-10-14-28)21-37(23-38,34(41)42)22-27-18-25(2)33(40)31(20-27)36(5,6)29-15-11-8-12-16-29/h7-20,39-40H,21-22H2,1-6H3,(H,41,42). The van der Waals surface area contributed by atoms with Crippen LogP contribution in [0.1, 0.15) is 72.2 Å². The maximum Gasteiger partial charge on any atom is 0.324 e. The number of aromatic hydroxyl groups is 2. The zero-order chi connectivity index (χ0) is 30.9. The Kier molecular flexibility index (Phi) is 8.23. The topological polar surface area (TPSA) is 102 Å². The van der Waals surface area contributed by atoms with Gasteiger partial charge in [0.1, 0.15) is 11.5 Å². The highest BCUT2D eigenvalue weighted by Crippen LogP contribution is 2.42. The van der Waals surface area contributed by atoms with Crippen LogP contribution in [-0.4, -0.2) is 21.3 Å². The average molecular weight is 562 g/mol. The van der Waals surface area contributed by atoms with Crippen molar-refractivity contribution in [1.82, 2.24) is 0 Å². The van der Waals surface area contributed by atoms with Gasteiger partial charge in [0, 0.05) is 34.8 Å². The molecule has 0 radical (unpaired) electrons. The van der Waals surface area contributed by atoms with E-state index < -0.39 is 22.2 Å². The number of phenols is 2. The highest BCUT2D eigenvalue weighted by atomic mass is 16.4. The molecule has 4 aromatic rings. The van der Waals surface area contributed by atoms with Crippen molar-refractivity contribution < 1.29 is 20.1 Å². The third-order valence-corrected chi connectivity index (χ3v) is 8.69. The minimum absolute atomic E-state index is 0.0465. The number of aryl methyl sites for hydroxylation is 2. The van der Waals surface area contributed by atoms with Gasteiger partial charge in [-0.1, -0.05) is 113 Å². The zero-order valence-corrected chi connectivity index (χ0v) is 25.2. The van der Waals surface area contributed by atoms with Gasteiger partial charge in [-0.3, -0.25) is 4.79 Å². The maximum absolute atomic E-state index is 12.9. The number of aliphatic carboxylic acids is 1. The molecule has 0 unspecified atom stereocenters. The fraction of sp³-hybridized carbons (Fsp3) is 0.297. The van der Waals surface area contributed by atoms with E-state index in [1.54, 1.807) is 26.0 Å². The third kappa shape index (κ3) is 5.63. The Bertz CT molecular complexity index is 1540. The van der Waals surface area contributed by atoms with Gasteiger partial charge in [-0.15, -0.1) is 0 Å². The van der Waals surface area contributed by atoms with Crippen LogP contribution in [0.25, 0.3) is 0 Å². The monoisotopic (exact) mass is 561 g/mol. The number of hydrogen-bond acceptors (Lipinski definition) is 4. The van der Waals surface area contributed by atoms with Crippen molar-refractivity contribution in [3.63, 3.8) is 0 Å². The zero-order valence-electron chi connectivity index (χ0n) is 25.2. The molecule has 0 aliphatic carbocycles. The van der Waals surface area contributed by atoms with Crippen molar-refractivity contribution in [2.75, 3.05) is 0 Å². The first-order valence-electron chi connectivity index (χ1n) is 14.1. The number of nitriles is 1. The van der Waals surface area contributed by atoms with Gasteiger partial charge >= 0.3 is 5.97 Å². The lowest BCUT2D eigenvalue weighted by atomic mass is 9.72. The predicted octanol–water partition coefficient (Wildman–Crippen LogP) is 7.75. The molecule has 0 bridgehead atoms. The van der Waals surface area contributed by atoms with Crippen LogP contribution >= 0.6 is 0 Å². The van der Waals surface area contributed by atoms with Crippen molar-refractivity contribution in [3.05, 3.63) is 129 Å². The summed E-state index contributed by atoms with van der Waals surface area (Å²) in [5, 5.41) is 43.0. The van der Waals surface area contributed by atoms with E-state index in [2.05, 4.69) is 6.07 Å². The molecule has 0 saturated heterocycles. The van der Waals surface area contributed by atoms with E-state index >= 15 is 0 Å². The number of hydrogen-bond donors (Lipinski definition) is 3. The van der Waals surface area contributed by atoms with Crippen LogP contribution in [0.2, 0.25) is 0 Å². The predicted molar refractivity (Wildman–Crippen MR) is 166 cm³/mol. The van der Waals surface area contributed by atoms with Crippen LogP contribution < -0.4 is 0 Å². The van der Waals surface area contributed by atoms with Crippen molar-refractivity contribution in [1.29, 1.82) is 5.26 Å². The van der Waals surface area contributed by atoms with Gasteiger partial charge in [-0.05, 0) is 47.2 Å². The summed E-state index contributed by atoms with van der Waals surface area (Å²) in [6.45, 7) is 11.7. The van der Waals surface area contributed by atoms with Gasteiger partial charge in [0.25, 0.3) is 0 Å². The molecular weight excluding hydrogens is 522 g/mol. The summed E-state index contributed by atoms with van der Waals surface area (Å²) in [7, 11) is 0. The number of benzene rings is 4. The van der Waals surface area contributed by atoms with E-state index in [4.69, 9.17) is 0 Å². The first-order valence-corrected chi connectivity index (χ1v) is 14.1. The Morgan fingerprint density at radius 1 is 0.690 bits per heavy atom. The lowest BCUT2D eigenvalue weighted by Gasteiger charge is -2.30. The van der Waals surface area contributed by atoms with E-state index in [-0.39, 0.29) is 24.3 Å². The summed E-state index contributed by atoms with van der Waals surface area (Å²) in [5.74, 6) is -0.894. The Morgan fingerprint density at radius 2 is 1.05 bits per heavy atom. The summed E-state index contributed by atoms with van der Waals surface area (Å²) in [4.78, 5) is 12.9. The van der Waals surface area contributed by atoms with E-state index in [0.717, 1.165) is 11.1 Å². The number of phenolic OH excluding ortho intramolecular Hbond substituents is 2. The second-order valence-electron chi connectivity index (χ2n) is 12.5. The molecule has 0 amide bonds. The van der Waals surface area contributed by atoms with Crippen LogP contribution in [0.5, 0.6) is 11.5 Å². The quantitative estimate of drug-likeness (QED) is 0.194. The van der Waals surface area contributed by atoms with Gasteiger partial charge in [-0.25, -0.2) is 0 Å². The molecule has 0 aliphatic rings. The molecular formula is C37H39NO4. The molecule has 0 aromatic heterocycles. The summed E-state index contributed by atoms with van der Waals surface area (Å²) >= 11 is 0. The van der Waals surface area contributed by atoms with E-state index in [1.807, 2.05) is 100 Å². The van der Waals surface area contributed by atoms with E-state index in [1.165, 1.54) is 0 Å². The van der Waals surface area contributed by atoms with Crippen LogP contribution in [-0.2, 0) is 28.5 Å².